The van der Waals surface area contributed by atoms with Gasteiger partial charge in [0.25, 0.3) is 5.91 Å². The molecule has 0 atom stereocenters. The Morgan fingerprint density at radius 2 is 2.28 bits per heavy atom. The average molecular weight is 247 g/mol. The summed E-state index contributed by atoms with van der Waals surface area (Å²) in [6, 6.07) is 4.29. The molecule has 0 saturated heterocycles. The molecule has 0 radical (unpaired) electrons. The molecule has 1 aromatic carbocycles. The smallest absolute Gasteiger partial charge is 0.263 e. The van der Waals surface area contributed by atoms with Crippen LogP contribution in [0.1, 0.15) is 21.6 Å². The molecule has 0 unspecified atom stereocenters. The first-order chi connectivity index (χ1) is 8.61. The van der Waals surface area contributed by atoms with Crippen molar-refractivity contribution in [3.05, 3.63) is 53.4 Å². The van der Waals surface area contributed by atoms with Crippen molar-refractivity contribution in [3.63, 3.8) is 0 Å². The van der Waals surface area contributed by atoms with E-state index in [2.05, 4.69) is 4.98 Å². The van der Waals surface area contributed by atoms with Crippen molar-refractivity contribution in [1.29, 1.82) is 0 Å². The molecular formula is C13H14FN3O. The predicted molar refractivity (Wildman–Crippen MR) is 65.9 cm³/mol. The standard InChI is InChI=1S/C13H14FN3O/c1-9-6-10(2-3-12(9)14)13(18)17-7-11(4-5-15)16-8-17/h2-3,6-8H,4-5,15H2,1H3. The fraction of sp³-hybridized carbons (Fsp3) is 0.231. The molecule has 1 heterocycles. The summed E-state index contributed by atoms with van der Waals surface area (Å²) >= 11 is 0. The number of halogens is 1. The Bertz CT molecular complexity index is 577. The van der Waals surface area contributed by atoms with Gasteiger partial charge in [-0.1, -0.05) is 0 Å². The Balaban J connectivity index is 2.26. The van der Waals surface area contributed by atoms with Crippen LogP contribution in [0.2, 0.25) is 0 Å². The highest BCUT2D eigenvalue weighted by atomic mass is 19.1. The van der Waals surface area contributed by atoms with Gasteiger partial charge in [0.2, 0.25) is 0 Å². The summed E-state index contributed by atoms with van der Waals surface area (Å²) in [4.78, 5) is 16.2. The lowest BCUT2D eigenvalue weighted by Gasteiger charge is -2.03. The molecule has 2 N–H and O–H groups in total. The van der Waals surface area contributed by atoms with E-state index in [-0.39, 0.29) is 11.7 Å². The van der Waals surface area contributed by atoms with Crippen molar-refractivity contribution in [2.45, 2.75) is 13.3 Å². The lowest BCUT2D eigenvalue weighted by atomic mass is 10.1. The number of carbonyl (C=O) groups is 1. The molecule has 0 aliphatic heterocycles. The highest BCUT2D eigenvalue weighted by Gasteiger charge is 2.10. The molecule has 2 aromatic rings. The van der Waals surface area contributed by atoms with Crippen LogP contribution < -0.4 is 5.73 Å². The van der Waals surface area contributed by atoms with E-state index in [0.717, 1.165) is 5.69 Å². The molecule has 18 heavy (non-hydrogen) atoms. The first kappa shape index (κ1) is 12.4. The number of hydrogen-bond acceptors (Lipinski definition) is 3. The third kappa shape index (κ3) is 2.46. The SMILES string of the molecule is Cc1cc(C(=O)n2cnc(CCN)c2)ccc1F. The number of aromatic nitrogens is 2. The van der Waals surface area contributed by atoms with Gasteiger partial charge < -0.3 is 5.73 Å². The van der Waals surface area contributed by atoms with Crippen LogP contribution in [0.15, 0.2) is 30.7 Å². The van der Waals surface area contributed by atoms with Gasteiger partial charge in [-0.15, -0.1) is 0 Å². The fourth-order valence-corrected chi connectivity index (χ4v) is 1.68. The van der Waals surface area contributed by atoms with Crippen molar-refractivity contribution in [2.75, 3.05) is 6.54 Å². The highest BCUT2D eigenvalue weighted by Crippen LogP contribution is 2.11. The number of carbonyl (C=O) groups excluding carboxylic acids is 1. The maximum Gasteiger partial charge on any atom is 0.263 e. The van der Waals surface area contributed by atoms with E-state index in [9.17, 15) is 9.18 Å². The van der Waals surface area contributed by atoms with Gasteiger partial charge in [-0.2, -0.15) is 0 Å². The number of benzene rings is 1. The van der Waals surface area contributed by atoms with Crippen LogP contribution in [0.5, 0.6) is 0 Å². The number of imidazole rings is 1. The van der Waals surface area contributed by atoms with E-state index >= 15 is 0 Å². The molecule has 2 rings (SSSR count). The number of nitrogens with two attached hydrogens (primary N) is 1. The second kappa shape index (κ2) is 5.10. The second-order valence-corrected chi connectivity index (χ2v) is 4.08. The van der Waals surface area contributed by atoms with Crippen molar-refractivity contribution in [3.8, 4) is 0 Å². The predicted octanol–water partition coefficient (Wildman–Crippen LogP) is 1.52. The quantitative estimate of drug-likeness (QED) is 0.894. The number of hydrogen-bond donors (Lipinski definition) is 1. The first-order valence-electron chi connectivity index (χ1n) is 5.65. The summed E-state index contributed by atoms with van der Waals surface area (Å²) in [5.74, 6) is -0.546. The van der Waals surface area contributed by atoms with Gasteiger partial charge in [-0.25, -0.2) is 9.37 Å². The third-order valence-electron chi connectivity index (χ3n) is 2.68. The van der Waals surface area contributed by atoms with Gasteiger partial charge in [0.1, 0.15) is 12.1 Å². The zero-order chi connectivity index (χ0) is 13.1. The van der Waals surface area contributed by atoms with E-state index in [0.29, 0.717) is 24.1 Å². The molecule has 5 heteroatoms. The molecule has 1 aromatic heterocycles. The Hall–Kier alpha value is -2.01. The summed E-state index contributed by atoms with van der Waals surface area (Å²) in [6.45, 7) is 2.11. The monoisotopic (exact) mass is 247 g/mol. The molecule has 0 bridgehead atoms. The van der Waals surface area contributed by atoms with Crippen molar-refractivity contribution >= 4 is 5.91 Å². The van der Waals surface area contributed by atoms with Gasteiger partial charge in [0.05, 0.1) is 5.69 Å². The van der Waals surface area contributed by atoms with E-state index < -0.39 is 0 Å². The molecule has 0 saturated carbocycles. The second-order valence-electron chi connectivity index (χ2n) is 4.08. The Morgan fingerprint density at radius 3 is 2.94 bits per heavy atom. The van der Waals surface area contributed by atoms with Crippen molar-refractivity contribution < 1.29 is 9.18 Å². The van der Waals surface area contributed by atoms with E-state index in [4.69, 9.17) is 5.73 Å². The molecule has 4 nitrogen and oxygen atoms in total. The van der Waals surface area contributed by atoms with Crippen molar-refractivity contribution in [2.24, 2.45) is 5.73 Å². The van der Waals surface area contributed by atoms with Crippen molar-refractivity contribution in [1.82, 2.24) is 9.55 Å². The molecular weight excluding hydrogens is 233 g/mol. The highest BCUT2D eigenvalue weighted by molar-refractivity contribution is 5.96. The lowest BCUT2D eigenvalue weighted by Crippen LogP contribution is -2.10. The topological polar surface area (TPSA) is 60.9 Å². The summed E-state index contributed by atoms with van der Waals surface area (Å²) in [6.07, 6.45) is 3.72. The van der Waals surface area contributed by atoms with Gasteiger partial charge in [-0.3, -0.25) is 9.36 Å². The minimum Gasteiger partial charge on any atom is -0.330 e. The maximum absolute atomic E-state index is 13.1. The molecule has 0 fully saturated rings. The van der Waals surface area contributed by atoms with E-state index in [1.165, 1.54) is 29.1 Å². The molecule has 0 aliphatic rings. The van der Waals surface area contributed by atoms with Crippen LogP contribution >= 0.6 is 0 Å². The van der Waals surface area contributed by atoms with E-state index in [1.54, 1.807) is 13.1 Å². The maximum atomic E-state index is 13.1. The third-order valence-corrected chi connectivity index (χ3v) is 2.68. The number of aryl methyl sites for hydroxylation is 1. The average Bonchev–Trinajstić information content (AvgIpc) is 2.81. The molecule has 94 valence electrons. The van der Waals surface area contributed by atoms with Gasteiger partial charge >= 0.3 is 0 Å². The summed E-state index contributed by atoms with van der Waals surface area (Å²) in [5.41, 5.74) is 7.07. The van der Waals surface area contributed by atoms with Crippen LogP contribution in [0, 0.1) is 12.7 Å². The van der Waals surface area contributed by atoms with Crippen LogP contribution in [0.4, 0.5) is 4.39 Å². The molecule has 0 spiro atoms. The molecule has 0 amide bonds. The van der Waals surface area contributed by atoms with Crippen LogP contribution in [-0.4, -0.2) is 22.0 Å². The Morgan fingerprint density at radius 1 is 1.50 bits per heavy atom. The van der Waals surface area contributed by atoms with Gasteiger partial charge in [0, 0.05) is 18.2 Å². The lowest BCUT2D eigenvalue weighted by molar-refractivity contribution is 0.0959. The normalized spacial score (nSPS) is 10.6. The zero-order valence-electron chi connectivity index (χ0n) is 10.1. The van der Waals surface area contributed by atoms with Crippen LogP contribution in [0.3, 0.4) is 0 Å². The van der Waals surface area contributed by atoms with E-state index in [1.807, 2.05) is 0 Å². The Labute approximate surface area is 104 Å². The number of rotatable bonds is 3. The van der Waals surface area contributed by atoms with Crippen LogP contribution in [-0.2, 0) is 6.42 Å². The first-order valence-corrected chi connectivity index (χ1v) is 5.65. The minimum atomic E-state index is -0.319. The molecule has 0 aliphatic carbocycles. The summed E-state index contributed by atoms with van der Waals surface area (Å²) in [7, 11) is 0. The van der Waals surface area contributed by atoms with Crippen LogP contribution in [0.25, 0.3) is 0 Å². The number of nitrogens with zero attached hydrogens (tertiary/aromatic N) is 2. The Kier molecular flexibility index (Phi) is 3.53. The van der Waals surface area contributed by atoms with Gasteiger partial charge in [0.15, 0.2) is 0 Å². The van der Waals surface area contributed by atoms with Gasteiger partial charge in [-0.05, 0) is 37.2 Å². The zero-order valence-corrected chi connectivity index (χ0v) is 10.1. The minimum absolute atomic E-state index is 0.228. The largest absolute Gasteiger partial charge is 0.330 e. The fourth-order valence-electron chi connectivity index (χ4n) is 1.68. The summed E-state index contributed by atoms with van der Waals surface area (Å²) < 4.78 is 14.5. The summed E-state index contributed by atoms with van der Waals surface area (Å²) in [5, 5.41) is 0.